The van der Waals surface area contributed by atoms with E-state index in [-0.39, 0.29) is 0 Å². The summed E-state index contributed by atoms with van der Waals surface area (Å²) in [4.78, 5) is 6.24. The molecule has 0 amide bonds. The molecular weight excluding hydrogens is 128 g/mol. The van der Waals surface area contributed by atoms with Crippen LogP contribution < -0.4 is 4.90 Å². The lowest BCUT2D eigenvalue weighted by atomic mass is 10.3. The highest BCUT2D eigenvalue weighted by molar-refractivity contribution is 5.28. The van der Waals surface area contributed by atoms with Crippen LogP contribution in [-0.2, 0) is 6.54 Å². The fourth-order valence-corrected chi connectivity index (χ4v) is 1.27. The van der Waals surface area contributed by atoms with Gasteiger partial charge in [-0.25, -0.2) is 4.68 Å². The van der Waals surface area contributed by atoms with Gasteiger partial charge < -0.3 is 4.90 Å². The van der Waals surface area contributed by atoms with Gasteiger partial charge in [0.1, 0.15) is 6.33 Å². The number of aromatic nitrogens is 3. The van der Waals surface area contributed by atoms with E-state index in [1.54, 1.807) is 6.33 Å². The Labute approximate surface area is 59.5 Å². The number of aryl methyl sites for hydroxylation is 1. The highest BCUT2D eigenvalue weighted by atomic mass is 15.4. The second-order valence-corrected chi connectivity index (χ2v) is 2.56. The van der Waals surface area contributed by atoms with Crippen LogP contribution in [0.5, 0.6) is 0 Å². The zero-order valence-electron chi connectivity index (χ0n) is 5.99. The van der Waals surface area contributed by atoms with E-state index in [0.29, 0.717) is 0 Å². The molecule has 1 aromatic rings. The molecule has 0 radical (unpaired) electrons. The molecule has 0 aromatic carbocycles. The van der Waals surface area contributed by atoms with Crippen LogP contribution in [0.4, 0.5) is 5.95 Å². The van der Waals surface area contributed by atoms with Crippen molar-refractivity contribution in [2.75, 3.05) is 18.5 Å². The van der Waals surface area contributed by atoms with Gasteiger partial charge in [-0.1, -0.05) is 0 Å². The second-order valence-electron chi connectivity index (χ2n) is 2.56. The molecular formula is C6H10N4. The standard InChI is InChI=1S/C6H10N4/c1-9-3-2-4-10-6(9)7-5-8-10/h5H,2-4H2,1H3. The Morgan fingerprint density at radius 3 is 3.20 bits per heavy atom. The van der Waals surface area contributed by atoms with Gasteiger partial charge in [0.2, 0.25) is 5.95 Å². The number of hydrogen-bond acceptors (Lipinski definition) is 3. The van der Waals surface area contributed by atoms with E-state index in [4.69, 9.17) is 0 Å². The molecule has 4 nitrogen and oxygen atoms in total. The predicted octanol–water partition coefficient (Wildman–Crippen LogP) is 0.118. The Balaban J connectivity index is 2.41. The molecule has 0 N–H and O–H groups in total. The van der Waals surface area contributed by atoms with Crippen molar-refractivity contribution in [2.45, 2.75) is 13.0 Å². The molecule has 0 saturated heterocycles. The fraction of sp³-hybridized carbons (Fsp3) is 0.667. The summed E-state index contributed by atoms with van der Waals surface area (Å²) in [5.74, 6) is 0.992. The normalized spacial score (nSPS) is 17.1. The van der Waals surface area contributed by atoms with E-state index >= 15 is 0 Å². The fourth-order valence-electron chi connectivity index (χ4n) is 1.27. The third-order valence-corrected chi connectivity index (χ3v) is 1.80. The lowest BCUT2D eigenvalue weighted by Gasteiger charge is -2.22. The third kappa shape index (κ3) is 0.683. The molecule has 10 heavy (non-hydrogen) atoms. The monoisotopic (exact) mass is 138 g/mol. The van der Waals surface area contributed by atoms with Crippen molar-refractivity contribution in [3.63, 3.8) is 0 Å². The van der Waals surface area contributed by atoms with Crippen molar-refractivity contribution in [3.05, 3.63) is 6.33 Å². The molecule has 1 aliphatic rings. The maximum atomic E-state index is 4.12. The first-order valence-electron chi connectivity index (χ1n) is 3.47. The van der Waals surface area contributed by atoms with Crippen LogP contribution in [0.15, 0.2) is 6.33 Å². The topological polar surface area (TPSA) is 34.0 Å². The van der Waals surface area contributed by atoms with Gasteiger partial charge in [0.25, 0.3) is 0 Å². The van der Waals surface area contributed by atoms with Crippen molar-refractivity contribution in [3.8, 4) is 0 Å². The summed E-state index contributed by atoms with van der Waals surface area (Å²) in [6.45, 7) is 2.11. The van der Waals surface area contributed by atoms with Crippen molar-refractivity contribution in [1.82, 2.24) is 14.8 Å². The summed E-state index contributed by atoms with van der Waals surface area (Å²) in [6.07, 6.45) is 2.78. The lowest BCUT2D eigenvalue weighted by molar-refractivity contribution is 0.530. The number of rotatable bonds is 0. The van der Waals surface area contributed by atoms with E-state index in [1.165, 1.54) is 6.42 Å². The number of hydrogen-bond donors (Lipinski definition) is 0. The van der Waals surface area contributed by atoms with Crippen LogP contribution in [0.3, 0.4) is 0 Å². The second kappa shape index (κ2) is 1.97. The number of anilines is 1. The molecule has 1 aliphatic heterocycles. The summed E-state index contributed by atoms with van der Waals surface area (Å²) in [6, 6.07) is 0. The Bertz CT molecular complexity index is 229. The minimum Gasteiger partial charge on any atom is -0.344 e. The molecule has 0 fully saturated rings. The van der Waals surface area contributed by atoms with Crippen molar-refractivity contribution < 1.29 is 0 Å². The average molecular weight is 138 g/mol. The molecule has 0 unspecified atom stereocenters. The van der Waals surface area contributed by atoms with Gasteiger partial charge in [-0.3, -0.25) is 0 Å². The van der Waals surface area contributed by atoms with Crippen LogP contribution in [0, 0.1) is 0 Å². The van der Waals surface area contributed by atoms with Crippen LogP contribution in [0.1, 0.15) is 6.42 Å². The van der Waals surface area contributed by atoms with Crippen LogP contribution in [0.2, 0.25) is 0 Å². The molecule has 0 spiro atoms. The SMILES string of the molecule is CN1CCCn2ncnc21. The van der Waals surface area contributed by atoms with Gasteiger partial charge in [0.05, 0.1) is 0 Å². The maximum absolute atomic E-state index is 4.12. The van der Waals surface area contributed by atoms with E-state index in [9.17, 15) is 0 Å². The van der Waals surface area contributed by atoms with Gasteiger partial charge in [0, 0.05) is 20.1 Å². The first-order valence-corrected chi connectivity index (χ1v) is 3.47. The summed E-state index contributed by atoms with van der Waals surface area (Å²) in [5.41, 5.74) is 0. The van der Waals surface area contributed by atoms with Crippen LogP contribution in [0.25, 0.3) is 0 Å². The first kappa shape index (κ1) is 5.70. The zero-order chi connectivity index (χ0) is 6.97. The number of nitrogens with zero attached hydrogens (tertiary/aromatic N) is 4. The highest BCUT2D eigenvalue weighted by Gasteiger charge is 2.13. The van der Waals surface area contributed by atoms with Crippen molar-refractivity contribution >= 4 is 5.95 Å². The molecule has 54 valence electrons. The van der Waals surface area contributed by atoms with Gasteiger partial charge >= 0.3 is 0 Å². The molecule has 1 aromatic heterocycles. The smallest absolute Gasteiger partial charge is 0.223 e. The highest BCUT2D eigenvalue weighted by Crippen LogP contribution is 2.12. The van der Waals surface area contributed by atoms with E-state index in [0.717, 1.165) is 19.0 Å². The first-order chi connectivity index (χ1) is 4.88. The Morgan fingerprint density at radius 2 is 2.40 bits per heavy atom. The Morgan fingerprint density at radius 1 is 1.50 bits per heavy atom. The van der Waals surface area contributed by atoms with Gasteiger partial charge in [-0.2, -0.15) is 10.1 Å². The molecule has 2 heterocycles. The Kier molecular flexibility index (Phi) is 1.12. The quantitative estimate of drug-likeness (QED) is 0.510. The molecule has 0 atom stereocenters. The predicted molar refractivity (Wildman–Crippen MR) is 37.9 cm³/mol. The van der Waals surface area contributed by atoms with Crippen molar-refractivity contribution in [2.24, 2.45) is 0 Å². The van der Waals surface area contributed by atoms with E-state index in [2.05, 4.69) is 15.0 Å². The van der Waals surface area contributed by atoms with Crippen LogP contribution >= 0.6 is 0 Å². The summed E-state index contributed by atoms with van der Waals surface area (Å²) >= 11 is 0. The summed E-state index contributed by atoms with van der Waals surface area (Å²) in [7, 11) is 2.04. The minimum absolute atomic E-state index is 0.992. The molecule has 0 aliphatic carbocycles. The third-order valence-electron chi connectivity index (χ3n) is 1.80. The largest absolute Gasteiger partial charge is 0.344 e. The molecule has 2 rings (SSSR count). The van der Waals surface area contributed by atoms with E-state index < -0.39 is 0 Å². The summed E-state index contributed by atoms with van der Waals surface area (Å²) < 4.78 is 1.93. The summed E-state index contributed by atoms with van der Waals surface area (Å²) in [5, 5.41) is 4.07. The van der Waals surface area contributed by atoms with Crippen LogP contribution in [-0.4, -0.2) is 28.4 Å². The zero-order valence-corrected chi connectivity index (χ0v) is 5.99. The van der Waals surface area contributed by atoms with Gasteiger partial charge in [-0.15, -0.1) is 0 Å². The lowest BCUT2D eigenvalue weighted by Crippen LogP contribution is -2.28. The van der Waals surface area contributed by atoms with E-state index in [1.807, 2.05) is 11.7 Å². The Hall–Kier alpha value is -1.06. The molecule has 4 heteroatoms. The van der Waals surface area contributed by atoms with Gasteiger partial charge in [-0.05, 0) is 6.42 Å². The maximum Gasteiger partial charge on any atom is 0.223 e. The van der Waals surface area contributed by atoms with Crippen molar-refractivity contribution in [1.29, 1.82) is 0 Å². The molecule has 0 saturated carbocycles. The number of fused-ring (bicyclic) bond motifs is 1. The average Bonchev–Trinajstić information content (AvgIpc) is 2.36. The minimum atomic E-state index is 0.992. The molecule has 0 bridgehead atoms. The van der Waals surface area contributed by atoms with Gasteiger partial charge in [0.15, 0.2) is 0 Å².